The van der Waals surface area contributed by atoms with E-state index in [4.69, 9.17) is 11.6 Å². The molecule has 2 aromatic carbocycles. The SMILES string of the molecule is Fc1ccc(-c2nc3n(c2Nc2ccc(Cl)c(F)c2)CCNC3)cc1. The minimum absolute atomic E-state index is 0.0730. The van der Waals surface area contributed by atoms with Crippen LogP contribution in [0, 0.1) is 11.6 Å². The number of anilines is 2. The molecule has 2 N–H and O–H groups in total. The molecule has 0 saturated carbocycles. The maximum absolute atomic E-state index is 13.8. The summed E-state index contributed by atoms with van der Waals surface area (Å²) in [5.41, 5.74) is 2.07. The molecule has 2 heterocycles. The molecule has 4 nitrogen and oxygen atoms in total. The van der Waals surface area contributed by atoms with Gasteiger partial charge in [-0.3, -0.25) is 0 Å². The van der Waals surface area contributed by atoms with Crippen molar-refractivity contribution in [2.45, 2.75) is 13.1 Å². The highest BCUT2D eigenvalue weighted by atomic mass is 35.5. The maximum Gasteiger partial charge on any atom is 0.143 e. The van der Waals surface area contributed by atoms with E-state index in [9.17, 15) is 8.78 Å². The van der Waals surface area contributed by atoms with Crippen molar-refractivity contribution in [3.8, 4) is 11.3 Å². The summed E-state index contributed by atoms with van der Waals surface area (Å²) in [6, 6.07) is 10.7. The first-order chi connectivity index (χ1) is 12.1. The molecule has 25 heavy (non-hydrogen) atoms. The molecule has 0 fully saturated rings. The number of imidazole rings is 1. The van der Waals surface area contributed by atoms with Gasteiger partial charge in [0.2, 0.25) is 0 Å². The summed E-state index contributed by atoms with van der Waals surface area (Å²) in [7, 11) is 0. The lowest BCUT2D eigenvalue weighted by molar-refractivity contribution is 0.509. The van der Waals surface area contributed by atoms with E-state index in [1.807, 2.05) is 0 Å². The van der Waals surface area contributed by atoms with E-state index in [0.717, 1.165) is 30.3 Å². The van der Waals surface area contributed by atoms with E-state index >= 15 is 0 Å². The average Bonchev–Trinajstić information content (AvgIpc) is 2.97. The first-order valence-corrected chi connectivity index (χ1v) is 8.28. The second-order valence-electron chi connectivity index (χ2n) is 5.81. The Balaban J connectivity index is 1.80. The van der Waals surface area contributed by atoms with Crippen LogP contribution in [0.1, 0.15) is 5.82 Å². The van der Waals surface area contributed by atoms with Crippen molar-refractivity contribution in [3.05, 3.63) is 64.9 Å². The third kappa shape index (κ3) is 3.10. The van der Waals surface area contributed by atoms with Gasteiger partial charge in [-0.05, 0) is 42.5 Å². The fraction of sp³-hybridized carbons (Fsp3) is 0.167. The molecular formula is C18H15ClF2N4. The Bertz CT molecular complexity index is 922. The van der Waals surface area contributed by atoms with Gasteiger partial charge >= 0.3 is 0 Å². The minimum Gasteiger partial charge on any atom is -0.340 e. The molecule has 0 amide bonds. The monoisotopic (exact) mass is 360 g/mol. The molecule has 0 aliphatic carbocycles. The van der Waals surface area contributed by atoms with Crippen molar-refractivity contribution in [3.63, 3.8) is 0 Å². The third-order valence-electron chi connectivity index (χ3n) is 4.14. The third-order valence-corrected chi connectivity index (χ3v) is 4.45. The first-order valence-electron chi connectivity index (χ1n) is 7.90. The molecule has 3 aromatic rings. The molecule has 7 heteroatoms. The number of hydrogen-bond donors (Lipinski definition) is 2. The minimum atomic E-state index is -0.491. The zero-order chi connectivity index (χ0) is 17.4. The Morgan fingerprint density at radius 2 is 1.92 bits per heavy atom. The van der Waals surface area contributed by atoms with Gasteiger partial charge in [0, 0.05) is 24.3 Å². The first kappa shape index (κ1) is 16.1. The zero-order valence-electron chi connectivity index (χ0n) is 13.2. The number of nitrogens with one attached hydrogen (secondary N) is 2. The van der Waals surface area contributed by atoms with Crippen LogP contribution < -0.4 is 10.6 Å². The molecule has 1 aliphatic heterocycles. The molecule has 0 unspecified atom stereocenters. The second kappa shape index (κ2) is 6.46. The number of benzene rings is 2. The van der Waals surface area contributed by atoms with E-state index in [-0.39, 0.29) is 10.8 Å². The lowest BCUT2D eigenvalue weighted by Crippen LogP contribution is -2.28. The standard InChI is InChI=1S/C18H15ClF2N4/c19-14-6-5-13(9-15(14)21)23-18-17(11-1-3-12(20)4-2-11)24-16-10-22-7-8-25(16)18/h1-6,9,22-23H,7-8,10H2. The fourth-order valence-electron chi connectivity index (χ4n) is 2.91. The average molecular weight is 361 g/mol. The van der Waals surface area contributed by atoms with Crippen molar-refractivity contribution in [1.29, 1.82) is 0 Å². The van der Waals surface area contributed by atoms with Crippen LogP contribution in [0.25, 0.3) is 11.3 Å². The Labute approximate surface area is 148 Å². The second-order valence-corrected chi connectivity index (χ2v) is 6.22. The van der Waals surface area contributed by atoms with Gasteiger partial charge in [0.25, 0.3) is 0 Å². The molecule has 4 rings (SSSR count). The summed E-state index contributed by atoms with van der Waals surface area (Å²) in [5, 5.41) is 6.59. The van der Waals surface area contributed by atoms with E-state index in [2.05, 4.69) is 20.2 Å². The van der Waals surface area contributed by atoms with Crippen LogP contribution in [0.5, 0.6) is 0 Å². The van der Waals surface area contributed by atoms with Crippen LogP contribution in [0.15, 0.2) is 42.5 Å². The molecule has 0 atom stereocenters. The van der Waals surface area contributed by atoms with Gasteiger partial charge in [0.1, 0.15) is 29.0 Å². The van der Waals surface area contributed by atoms with Gasteiger partial charge in [-0.15, -0.1) is 0 Å². The number of aromatic nitrogens is 2. The summed E-state index contributed by atoms with van der Waals surface area (Å²) in [6.45, 7) is 2.20. The number of halogens is 3. The summed E-state index contributed by atoms with van der Waals surface area (Å²) in [6.07, 6.45) is 0. The van der Waals surface area contributed by atoms with Gasteiger partial charge < -0.3 is 15.2 Å². The molecule has 0 spiro atoms. The molecule has 128 valence electrons. The largest absolute Gasteiger partial charge is 0.340 e. The van der Waals surface area contributed by atoms with Crippen molar-refractivity contribution in [1.82, 2.24) is 14.9 Å². The number of fused-ring (bicyclic) bond motifs is 1. The van der Waals surface area contributed by atoms with Crippen molar-refractivity contribution in [2.75, 3.05) is 11.9 Å². The summed E-state index contributed by atoms with van der Waals surface area (Å²) in [5.74, 6) is 0.839. The Morgan fingerprint density at radius 1 is 1.12 bits per heavy atom. The fourth-order valence-corrected chi connectivity index (χ4v) is 3.03. The Kier molecular flexibility index (Phi) is 4.15. The van der Waals surface area contributed by atoms with Crippen molar-refractivity contribution >= 4 is 23.1 Å². The lowest BCUT2D eigenvalue weighted by atomic mass is 10.1. The lowest BCUT2D eigenvalue weighted by Gasteiger charge is -2.18. The van der Waals surface area contributed by atoms with Gasteiger partial charge in [0.05, 0.1) is 11.6 Å². The van der Waals surface area contributed by atoms with E-state index < -0.39 is 5.82 Å². The van der Waals surface area contributed by atoms with Crippen LogP contribution in [0.3, 0.4) is 0 Å². The molecule has 0 bridgehead atoms. The van der Waals surface area contributed by atoms with Crippen LogP contribution in [0.4, 0.5) is 20.3 Å². The van der Waals surface area contributed by atoms with Crippen LogP contribution in [-0.4, -0.2) is 16.1 Å². The zero-order valence-corrected chi connectivity index (χ0v) is 13.9. The smallest absolute Gasteiger partial charge is 0.143 e. The molecule has 0 radical (unpaired) electrons. The van der Waals surface area contributed by atoms with Crippen molar-refractivity contribution in [2.24, 2.45) is 0 Å². The van der Waals surface area contributed by atoms with Gasteiger partial charge in [-0.1, -0.05) is 11.6 Å². The number of nitrogens with zero attached hydrogens (tertiary/aromatic N) is 2. The predicted molar refractivity (Wildman–Crippen MR) is 94.0 cm³/mol. The maximum atomic E-state index is 13.8. The molecular weight excluding hydrogens is 346 g/mol. The summed E-state index contributed by atoms with van der Waals surface area (Å²) >= 11 is 5.76. The van der Waals surface area contributed by atoms with E-state index in [1.165, 1.54) is 24.3 Å². The highest BCUT2D eigenvalue weighted by Crippen LogP contribution is 2.33. The van der Waals surface area contributed by atoms with Crippen LogP contribution in [-0.2, 0) is 13.1 Å². The van der Waals surface area contributed by atoms with E-state index in [0.29, 0.717) is 17.9 Å². The topological polar surface area (TPSA) is 41.9 Å². The summed E-state index contributed by atoms with van der Waals surface area (Å²) in [4.78, 5) is 4.68. The number of rotatable bonds is 3. The van der Waals surface area contributed by atoms with Gasteiger partial charge in [0.15, 0.2) is 0 Å². The normalized spacial score (nSPS) is 13.6. The van der Waals surface area contributed by atoms with Crippen LogP contribution in [0.2, 0.25) is 5.02 Å². The molecule has 0 saturated heterocycles. The Morgan fingerprint density at radius 3 is 2.68 bits per heavy atom. The van der Waals surface area contributed by atoms with Crippen LogP contribution >= 0.6 is 11.6 Å². The predicted octanol–water partition coefficient (Wildman–Crippen LogP) is 4.33. The molecule has 1 aliphatic rings. The highest BCUT2D eigenvalue weighted by molar-refractivity contribution is 6.30. The summed E-state index contributed by atoms with van der Waals surface area (Å²) < 4.78 is 29.1. The van der Waals surface area contributed by atoms with Crippen molar-refractivity contribution < 1.29 is 8.78 Å². The van der Waals surface area contributed by atoms with Gasteiger partial charge in [-0.2, -0.15) is 0 Å². The highest BCUT2D eigenvalue weighted by Gasteiger charge is 2.21. The molecule has 1 aromatic heterocycles. The number of hydrogen-bond acceptors (Lipinski definition) is 3. The quantitative estimate of drug-likeness (QED) is 0.730. The van der Waals surface area contributed by atoms with E-state index in [1.54, 1.807) is 18.2 Å². The van der Waals surface area contributed by atoms with Gasteiger partial charge in [-0.25, -0.2) is 13.8 Å². The Hall–Kier alpha value is -2.44.